The predicted octanol–water partition coefficient (Wildman–Crippen LogP) is 3.15. The van der Waals surface area contributed by atoms with Gasteiger partial charge in [-0.05, 0) is 43.9 Å². The van der Waals surface area contributed by atoms with E-state index in [9.17, 15) is 0 Å². The summed E-state index contributed by atoms with van der Waals surface area (Å²) in [6.45, 7) is 8.47. The van der Waals surface area contributed by atoms with Gasteiger partial charge in [0.25, 0.3) is 0 Å². The van der Waals surface area contributed by atoms with Gasteiger partial charge in [0.05, 0.1) is 0 Å². The Balaban J connectivity index is 2.72. The van der Waals surface area contributed by atoms with E-state index >= 15 is 0 Å². The summed E-state index contributed by atoms with van der Waals surface area (Å²) in [6, 6.07) is 4.38. The molecule has 1 aromatic heterocycles. The van der Waals surface area contributed by atoms with Crippen LogP contribution in [0.4, 0.5) is 5.82 Å². The number of nitrogen functional groups attached to an aromatic ring is 1. The number of anilines is 1. The first kappa shape index (κ1) is 11.7. The third-order valence-corrected chi connectivity index (χ3v) is 3.15. The lowest BCUT2D eigenvalue weighted by Gasteiger charge is -2.12. The van der Waals surface area contributed by atoms with Crippen LogP contribution in [-0.2, 0) is 6.42 Å². The maximum absolute atomic E-state index is 5.98. The fourth-order valence-corrected chi connectivity index (χ4v) is 2.50. The van der Waals surface area contributed by atoms with Gasteiger partial charge in [0.1, 0.15) is 0 Å². The smallest absolute Gasteiger partial charge is 0.153 e. The number of benzene rings is 1. The first-order valence-electron chi connectivity index (χ1n) is 5.95. The molecule has 17 heavy (non-hydrogen) atoms. The molecular formula is C14H19N3. The Kier molecular flexibility index (Phi) is 2.92. The molecule has 0 radical (unpaired) electrons. The first-order chi connectivity index (χ1) is 8.04. The highest BCUT2D eigenvalue weighted by molar-refractivity contribution is 5.81. The van der Waals surface area contributed by atoms with Gasteiger partial charge in [0.15, 0.2) is 5.82 Å². The molecule has 2 rings (SSSR count). The molecule has 0 atom stereocenters. The standard InChI is InChI=1S/C14H19N3/c1-5-11-13(14(15)17-16-11)12-9(3)6-8(2)7-10(12)4/h6-7H,5H2,1-4H3,(H3,15,16,17). The number of aromatic nitrogens is 2. The lowest BCUT2D eigenvalue weighted by atomic mass is 9.93. The molecule has 3 heteroatoms. The van der Waals surface area contributed by atoms with Crippen LogP contribution >= 0.6 is 0 Å². The number of nitrogens with one attached hydrogen (secondary N) is 1. The molecule has 3 N–H and O–H groups in total. The number of rotatable bonds is 2. The van der Waals surface area contributed by atoms with Gasteiger partial charge in [-0.25, -0.2) is 0 Å². The fourth-order valence-electron chi connectivity index (χ4n) is 2.50. The summed E-state index contributed by atoms with van der Waals surface area (Å²) in [5, 5.41) is 7.14. The second kappa shape index (κ2) is 4.24. The lowest BCUT2D eigenvalue weighted by Crippen LogP contribution is -1.95. The van der Waals surface area contributed by atoms with Crippen molar-refractivity contribution in [2.75, 3.05) is 5.73 Å². The van der Waals surface area contributed by atoms with Crippen LogP contribution in [0.15, 0.2) is 12.1 Å². The van der Waals surface area contributed by atoms with Crippen LogP contribution in [0, 0.1) is 20.8 Å². The van der Waals surface area contributed by atoms with Crippen LogP contribution in [0.2, 0.25) is 0 Å². The molecule has 0 amide bonds. The second-order valence-electron chi connectivity index (χ2n) is 4.59. The Morgan fingerprint density at radius 3 is 2.24 bits per heavy atom. The zero-order chi connectivity index (χ0) is 12.6. The molecule has 0 aliphatic rings. The van der Waals surface area contributed by atoms with E-state index in [1.807, 2.05) is 0 Å². The van der Waals surface area contributed by atoms with Gasteiger partial charge in [0, 0.05) is 11.3 Å². The highest BCUT2D eigenvalue weighted by atomic mass is 15.2. The van der Waals surface area contributed by atoms with E-state index in [4.69, 9.17) is 5.73 Å². The maximum Gasteiger partial charge on any atom is 0.153 e. The van der Waals surface area contributed by atoms with Gasteiger partial charge >= 0.3 is 0 Å². The molecule has 0 aliphatic carbocycles. The average molecular weight is 229 g/mol. The van der Waals surface area contributed by atoms with Gasteiger partial charge in [-0.3, -0.25) is 5.10 Å². The van der Waals surface area contributed by atoms with Crippen molar-refractivity contribution >= 4 is 5.82 Å². The van der Waals surface area contributed by atoms with Crippen molar-refractivity contribution in [3.05, 3.63) is 34.5 Å². The molecule has 3 nitrogen and oxygen atoms in total. The molecule has 1 heterocycles. The largest absolute Gasteiger partial charge is 0.382 e. The molecular weight excluding hydrogens is 210 g/mol. The van der Waals surface area contributed by atoms with E-state index in [2.05, 4.69) is 50.0 Å². The molecule has 1 aromatic carbocycles. The van der Waals surface area contributed by atoms with Gasteiger partial charge in [-0.2, -0.15) is 5.10 Å². The summed E-state index contributed by atoms with van der Waals surface area (Å²) in [5.41, 5.74) is 13.2. The highest BCUT2D eigenvalue weighted by Gasteiger charge is 2.16. The molecule has 0 saturated heterocycles. The predicted molar refractivity (Wildman–Crippen MR) is 72.0 cm³/mol. The van der Waals surface area contributed by atoms with Gasteiger partial charge in [-0.1, -0.05) is 24.6 Å². The van der Waals surface area contributed by atoms with Crippen LogP contribution < -0.4 is 5.73 Å². The zero-order valence-electron chi connectivity index (χ0n) is 10.9. The van der Waals surface area contributed by atoms with E-state index < -0.39 is 0 Å². The van der Waals surface area contributed by atoms with E-state index in [1.165, 1.54) is 22.3 Å². The quantitative estimate of drug-likeness (QED) is 0.831. The van der Waals surface area contributed by atoms with Gasteiger partial charge < -0.3 is 5.73 Å². The van der Waals surface area contributed by atoms with Crippen molar-refractivity contribution in [3.8, 4) is 11.1 Å². The Labute approximate surface area is 102 Å². The van der Waals surface area contributed by atoms with Crippen LogP contribution in [0.3, 0.4) is 0 Å². The van der Waals surface area contributed by atoms with Gasteiger partial charge in [0.2, 0.25) is 0 Å². The molecule has 0 spiro atoms. The Morgan fingerprint density at radius 2 is 1.71 bits per heavy atom. The van der Waals surface area contributed by atoms with Crippen molar-refractivity contribution in [1.82, 2.24) is 10.2 Å². The summed E-state index contributed by atoms with van der Waals surface area (Å²) in [6.07, 6.45) is 0.909. The maximum atomic E-state index is 5.98. The second-order valence-corrected chi connectivity index (χ2v) is 4.59. The fraction of sp³-hybridized carbons (Fsp3) is 0.357. The van der Waals surface area contributed by atoms with Crippen LogP contribution in [0.5, 0.6) is 0 Å². The monoisotopic (exact) mass is 229 g/mol. The normalized spacial score (nSPS) is 10.8. The number of nitrogens with zero attached hydrogens (tertiary/aromatic N) is 1. The van der Waals surface area contributed by atoms with Crippen molar-refractivity contribution in [2.45, 2.75) is 34.1 Å². The third-order valence-electron chi connectivity index (χ3n) is 3.15. The number of hydrogen-bond acceptors (Lipinski definition) is 2. The summed E-state index contributed by atoms with van der Waals surface area (Å²) in [5.74, 6) is 0.594. The topological polar surface area (TPSA) is 54.7 Å². The number of aryl methyl sites for hydroxylation is 4. The van der Waals surface area contributed by atoms with E-state index in [-0.39, 0.29) is 0 Å². The Bertz CT molecular complexity index is 530. The van der Waals surface area contributed by atoms with Crippen LogP contribution in [0.1, 0.15) is 29.3 Å². The number of nitrogens with two attached hydrogens (primary N) is 1. The minimum absolute atomic E-state index is 0.594. The molecule has 0 fully saturated rings. The van der Waals surface area contributed by atoms with Crippen LogP contribution in [-0.4, -0.2) is 10.2 Å². The summed E-state index contributed by atoms with van der Waals surface area (Å²) < 4.78 is 0. The SMILES string of the molecule is CCc1[nH]nc(N)c1-c1c(C)cc(C)cc1C. The van der Waals surface area contributed by atoms with E-state index in [0.717, 1.165) is 17.7 Å². The van der Waals surface area contributed by atoms with E-state index in [0.29, 0.717) is 5.82 Å². The third kappa shape index (κ3) is 1.93. The molecule has 0 aliphatic heterocycles. The van der Waals surface area contributed by atoms with Crippen molar-refractivity contribution in [2.24, 2.45) is 0 Å². The zero-order valence-corrected chi connectivity index (χ0v) is 10.9. The molecule has 90 valence electrons. The minimum Gasteiger partial charge on any atom is -0.382 e. The molecule has 0 unspecified atom stereocenters. The van der Waals surface area contributed by atoms with Crippen molar-refractivity contribution < 1.29 is 0 Å². The Hall–Kier alpha value is -1.77. The number of aromatic amines is 1. The van der Waals surface area contributed by atoms with Crippen molar-refractivity contribution in [3.63, 3.8) is 0 Å². The summed E-state index contributed by atoms with van der Waals surface area (Å²) in [7, 11) is 0. The molecule has 0 bridgehead atoms. The van der Waals surface area contributed by atoms with Crippen LogP contribution in [0.25, 0.3) is 11.1 Å². The minimum atomic E-state index is 0.594. The molecule has 2 aromatic rings. The molecule has 0 saturated carbocycles. The van der Waals surface area contributed by atoms with Gasteiger partial charge in [-0.15, -0.1) is 0 Å². The first-order valence-corrected chi connectivity index (χ1v) is 5.95. The summed E-state index contributed by atoms with van der Waals surface area (Å²) in [4.78, 5) is 0. The average Bonchev–Trinajstić information content (AvgIpc) is 2.59. The van der Waals surface area contributed by atoms with Crippen molar-refractivity contribution in [1.29, 1.82) is 0 Å². The number of H-pyrrole nitrogens is 1. The number of hydrogen-bond donors (Lipinski definition) is 2. The summed E-state index contributed by atoms with van der Waals surface area (Å²) >= 11 is 0. The Morgan fingerprint density at radius 1 is 1.12 bits per heavy atom. The lowest BCUT2D eigenvalue weighted by molar-refractivity contribution is 0.978. The highest BCUT2D eigenvalue weighted by Crippen LogP contribution is 2.34. The van der Waals surface area contributed by atoms with E-state index in [1.54, 1.807) is 0 Å².